The van der Waals surface area contributed by atoms with Crippen LogP contribution in [0.5, 0.6) is 0 Å². The maximum Gasteiger partial charge on any atom is 0.270 e. The molecule has 1 amide bonds. The third-order valence-corrected chi connectivity index (χ3v) is 3.79. The largest absolute Gasteiger partial charge is 0.364 e. The number of nitrogens with zero attached hydrogens (tertiary/aromatic N) is 4. The number of likely N-dealkylation sites (N-methyl/N-ethyl adjacent to an activating group) is 1. The van der Waals surface area contributed by atoms with Crippen LogP contribution >= 0.6 is 11.6 Å². The molecular formula is C10H17BClN5O. The quantitative estimate of drug-likeness (QED) is 0.732. The van der Waals surface area contributed by atoms with Crippen LogP contribution in [0, 0.1) is 0 Å². The Bertz CT molecular complexity index is 477. The summed E-state index contributed by atoms with van der Waals surface area (Å²) in [4.78, 5) is 15.6. The molecule has 18 heavy (non-hydrogen) atoms. The highest BCUT2D eigenvalue weighted by atomic mass is 35.5. The van der Waals surface area contributed by atoms with Crippen molar-refractivity contribution < 1.29 is 4.79 Å². The number of primary amides is 1. The average Bonchev–Trinajstić information content (AvgIpc) is 2.83. The summed E-state index contributed by atoms with van der Waals surface area (Å²) in [5.41, 5.74) is 5.38. The Balaban J connectivity index is 2.30. The SMILES string of the molecule is BN1CC[C@@H](N(C)c2c(Cl)c(C(N)=O)nn2C)C1. The Kier molecular flexibility index (Phi) is 3.54. The average molecular weight is 270 g/mol. The molecular weight excluding hydrogens is 252 g/mol. The molecule has 0 unspecified atom stereocenters. The Hall–Kier alpha value is -1.21. The number of carbonyl (C=O) groups is 1. The predicted octanol–water partition coefficient (Wildman–Crippen LogP) is -0.769. The normalized spacial score (nSPS) is 20.3. The van der Waals surface area contributed by atoms with Crippen LogP contribution < -0.4 is 10.6 Å². The van der Waals surface area contributed by atoms with Crippen molar-refractivity contribution in [2.45, 2.75) is 12.5 Å². The minimum atomic E-state index is -0.598. The van der Waals surface area contributed by atoms with E-state index >= 15 is 0 Å². The van der Waals surface area contributed by atoms with Crippen LogP contribution in [0.4, 0.5) is 5.82 Å². The fraction of sp³-hybridized carbons (Fsp3) is 0.600. The number of halogens is 1. The maximum absolute atomic E-state index is 11.2. The van der Waals surface area contributed by atoms with Crippen LogP contribution in [-0.4, -0.2) is 54.7 Å². The third kappa shape index (κ3) is 2.20. The highest BCUT2D eigenvalue weighted by Crippen LogP contribution is 2.30. The van der Waals surface area contributed by atoms with E-state index < -0.39 is 5.91 Å². The molecule has 1 aliphatic heterocycles. The molecule has 1 aliphatic rings. The van der Waals surface area contributed by atoms with Crippen LogP contribution in [0.25, 0.3) is 0 Å². The summed E-state index contributed by atoms with van der Waals surface area (Å²) in [7, 11) is 5.83. The van der Waals surface area contributed by atoms with Gasteiger partial charge in [0.1, 0.15) is 10.8 Å². The van der Waals surface area contributed by atoms with Gasteiger partial charge in [0.25, 0.3) is 5.91 Å². The van der Waals surface area contributed by atoms with Crippen LogP contribution in [0.15, 0.2) is 0 Å². The van der Waals surface area contributed by atoms with Gasteiger partial charge in [-0.05, 0) is 13.0 Å². The minimum Gasteiger partial charge on any atom is -0.364 e. The second-order valence-electron chi connectivity index (χ2n) is 4.79. The lowest BCUT2D eigenvalue weighted by atomic mass is 10.2. The highest BCUT2D eigenvalue weighted by molar-refractivity contribution is 6.36. The van der Waals surface area contributed by atoms with Crippen molar-refractivity contribution in [3.05, 3.63) is 10.7 Å². The van der Waals surface area contributed by atoms with E-state index in [2.05, 4.69) is 22.8 Å². The zero-order valence-electron chi connectivity index (χ0n) is 10.9. The predicted molar refractivity (Wildman–Crippen MR) is 73.7 cm³/mol. The van der Waals surface area contributed by atoms with Crippen molar-refractivity contribution in [1.82, 2.24) is 14.6 Å². The Morgan fingerprint density at radius 2 is 2.33 bits per heavy atom. The fourth-order valence-corrected chi connectivity index (χ4v) is 2.82. The van der Waals surface area contributed by atoms with Crippen molar-refractivity contribution in [1.29, 1.82) is 0 Å². The topological polar surface area (TPSA) is 67.4 Å². The van der Waals surface area contributed by atoms with Gasteiger partial charge in [-0.15, -0.1) is 0 Å². The Morgan fingerprint density at radius 1 is 1.67 bits per heavy atom. The van der Waals surface area contributed by atoms with E-state index in [1.165, 1.54) is 0 Å². The van der Waals surface area contributed by atoms with Gasteiger partial charge in [-0.3, -0.25) is 9.48 Å². The molecule has 2 N–H and O–H groups in total. The first kappa shape index (κ1) is 13.2. The number of rotatable bonds is 3. The number of carbonyl (C=O) groups excluding carboxylic acids is 1. The molecule has 0 saturated carbocycles. The van der Waals surface area contributed by atoms with E-state index in [4.69, 9.17) is 17.3 Å². The number of hydrogen-bond donors (Lipinski definition) is 1. The molecule has 0 spiro atoms. The molecule has 0 radical (unpaired) electrons. The number of aryl methyl sites for hydroxylation is 1. The van der Waals surface area contributed by atoms with E-state index in [1.54, 1.807) is 11.7 Å². The van der Waals surface area contributed by atoms with Gasteiger partial charge in [-0.2, -0.15) is 5.10 Å². The van der Waals surface area contributed by atoms with Crippen molar-refractivity contribution in [3.8, 4) is 0 Å². The second kappa shape index (κ2) is 4.82. The molecule has 1 saturated heterocycles. The number of hydrogen-bond acceptors (Lipinski definition) is 4. The van der Waals surface area contributed by atoms with E-state index in [0.717, 1.165) is 25.3 Å². The van der Waals surface area contributed by atoms with E-state index in [0.29, 0.717) is 11.1 Å². The Labute approximate surface area is 112 Å². The van der Waals surface area contributed by atoms with Crippen molar-refractivity contribution >= 4 is 31.3 Å². The summed E-state index contributed by atoms with van der Waals surface area (Å²) >= 11 is 6.19. The molecule has 0 aliphatic carbocycles. The Morgan fingerprint density at radius 3 is 2.78 bits per heavy atom. The minimum absolute atomic E-state index is 0.132. The van der Waals surface area contributed by atoms with Gasteiger partial charge < -0.3 is 15.4 Å². The zero-order valence-corrected chi connectivity index (χ0v) is 11.6. The summed E-state index contributed by atoms with van der Waals surface area (Å²) in [5, 5.41) is 4.41. The highest BCUT2D eigenvalue weighted by Gasteiger charge is 2.28. The number of aromatic nitrogens is 2. The molecule has 1 fully saturated rings. The first-order valence-electron chi connectivity index (χ1n) is 5.85. The van der Waals surface area contributed by atoms with Gasteiger partial charge in [0.2, 0.25) is 0 Å². The van der Waals surface area contributed by atoms with Gasteiger partial charge in [0.15, 0.2) is 13.7 Å². The van der Waals surface area contributed by atoms with Gasteiger partial charge in [0.05, 0.1) is 0 Å². The molecule has 8 heteroatoms. The van der Waals surface area contributed by atoms with Crippen LogP contribution in [0.1, 0.15) is 16.9 Å². The van der Waals surface area contributed by atoms with E-state index in [1.807, 2.05) is 7.05 Å². The fourth-order valence-electron chi connectivity index (χ4n) is 2.43. The summed E-state index contributed by atoms with van der Waals surface area (Å²) in [6.07, 6.45) is 1.07. The molecule has 1 aromatic heterocycles. The van der Waals surface area contributed by atoms with E-state index in [-0.39, 0.29) is 5.69 Å². The summed E-state index contributed by atoms with van der Waals surface area (Å²) in [6, 6.07) is 0.378. The third-order valence-electron chi connectivity index (χ3n) is 3.44. The molecule has 0 bridgehead atoms. The molecule has 2 rings (SSSR count). The molecule has 1 aromatic rings. The lowest BCUT2D eigenvalue weighted by Crippen LogP contribution is -2.35. The molecule has 98 valence electrons. The monoisotopic (exact) mass is 269 g/mol. The second-order valence-corrected chi connectivity index (χ2v) is 5.17. The van der Waals surface area contributed by atoms with Crippen molar-refractivity contribution in [2.24, 2.45) is 12.8 Å². The lowest BCUT2D eigenvalue weighted by Gasteiger charge is -2.26. The van der Waals surface area contributed by atoms with Crippen molar-refractivity contribution in [2.75, 3.05) is 25.0 Å². The summed E-state index contributed by atoms with van der Waals surface area (Å²) in [5.74, 6) is 0.143. The molecule has 0 aromatic carbocycles. The van der Waals surface area contributed by atoms with Crippen LogP contribution in [0.3, 0.4) is 0 Å². The maximum atomic E-state index is 11.2. The standard InChI is InChI=1S/C10H17BClN5O/c1-15(6-3-4-17(11)5-6)10-7(12)8(9(13)18)14-16(10)2/h6H,3-5,11H2,1-2H3,(H2,13,18)/t6-/m1/s1. The molecule has 6 nitrogen and oxygen atoms in total. The van der Waals surface area contributed by atoms with Crippen LogP contribution in [-0.2, 0) is 7.05 Å². The first-order valence-corrected chi connectivity index (χ1v) is 6.23. The molecule has 1 atom stereocenters. The van der Waals surface area contributed by atoms with E-state index in [9.17, 15) is 4.79 Å². The number of anilines is 1. The van der Waals surface area contributed by atoms with Gasteiger partial charge in [0, 0.05) is 26.7 Å². The van der Waals surface area contributed by atoms with Gasteiger partial charge >= 0.3 is 0 Å². The van der Waals surface area contributed by atoms with Gasteiger partial charge in [-0.25, -0.2) is 0 Å². The van der Waals surface area contributed by atoms with Crippen LogP contribution in [0.2, 0.25) is 5.02 Å². The summed E-state index contributed by atoms with van der Waals surface area (Å²) in [6.45, 7) is 2.04. The smallest absolute Gasteiger partial charge is 0.270 e. The number of amides is 1. The first-order chi connectivity index (χ1) is 8.41. The molecule has 2 heterocycles. The number of nitrogens with two attached hydrogens (primary N) is 1. The lowest BCUT2D eigenvalue weighted by molar-refractivity contribution is 0.0995. The summed E-state index contributed by atoms with van der Waals surface area (Å²) < 4.78 is 1.61. The zero-order chi connectivity index (χ0) is 13.4. The van der Waals surface area contributed by atoms with Crippen molar-refractivity contribution in [3.63, 3.8) is 0 Å². The van der Waals surface area contributed by atoms with Gasteiger partial charge in [-0.1, -0.05) is 11.6 Å².